The Morgan fingerprint density at radius 2 is 1.78 bits per heavy atom. The maximum atomic E-state index is 10.2. The van der Waals surface area contributed by atoms with Crippen LogP contribution in [0.25, 0.3) is 0 Å². The van der Waals surface area contributed by atoms with Gasteiger partial charge in [-0.1, -0.05) is 38.7 Å². The first-order chi connectivity index (χ1) is 8.58. The number of methoxy groups -OCH3 is 1. The maximum Gasteiger partial charge on any atom is 0.306 e. The zero-order valence-corrected chi connectivity index (χ0v) is 11.6. The van der Waals surface area contributed by atoms with Crippen molar-refractivity contribution in [1.82, 2.24) is 0 Å². The van der Waals surface area contributed by atoms with Gasteiger partial charge in [0.1, 0.15) is 0 Å². The SMILES string of the molecule is C=CCCCCCCC.COC(=O)CCC(=O)O. The number of hydrogen-bond donors (Lipinski definition) is 1. The van der Waals surface area contributed by atoms with Gasteiger partial charge in [-0.15, -0.1) is 6.58 Å². The van der Waals surface area contributed by atoms with Crippen LogP contribution < -0.4 is 0 Å². The number of hydrogen-bond acceptors (Lipinski definition) is 3. The Morgan fingerprint density at radius 1 is 1.17 bits per heavy atom. The molecule has 0 saturated heterocycles. The Morgan fingerprint density at radius 3 is 2.22 bits per heavy atom. The van der Waals surface area contributed by atoms with Gasteiger partial charge < -0.3 is 9.84 Å². The van der Waals surface area contributed by atoms with Crippen LogP contribution in [0.5, 0.6) is 0 Å². The molecule has 0 aromatic rings. The van der Waals surface area contributed by atoms with Gasteiger partial charge in [-0.05, 0) is 12.8 Å². The highest BCUT2D eigenvalue weighted by Gasteiger charge is 2.02. The molecule has 0 aliphatic carbocycles. The first-order valence-electron chi connectivity index (χ1n) is 6.47. The smallest absolute Gasteiger partial charge is 0.306 e. The first-order valence-corrected chi connectivity index (χ1v) is 6.47. The third kappa shape index (κ3) is 20.1. The number of aliphatic carboxylic acids is 1. The van der Waals surface area contributed by atoms with E-state index < -0.39 is 11.9 Å². The van der Waals surface area contributed by atoms with Crippen LogP contribution in [0.3, 0.4) is 0 Å². The second-order valence-corrected chi connectivity index (χ2v) is 3.96. The van der Waals surface area contributed by atoms with Crippen molar-refractivity contribution >= 4 is 11.9 Å². The molecule has 0 amide bonds. The molecule has 0 atom stereocenters. The molecule has 0 aromatic carbocycles. The topological polar surface area (TPSA) is 63.6 Å². The molecule has 0 heterocycles. The molecule has 0 radical (unpaired) electrons. The molecule has 0 aliphatic heterocycles. The Kier molecular flexibility index (Phi) is 16.6. The molecule has 4 nitrogen and oxygen atoms in total. The molecule has 4 heteroatoms. The van der Waals surface area contributed by atoms with Gasteiger partial charge in [-0.3, -0.25) is 9.59 Å². The minimum atomic E-state index is -0.986. The molecule has 0 saturated carbocycles. The number of rotatable bonds is 9. The van der Waals surface area contributed by atoms with Crippen LogP contribution in [0.1, 0.15) is 58.3 Å². The lowest BCUT2D eigenvalue weighted by Gasteiger charge is -1.94. The van der Waals surface area contributed by atoms with E-state index in [4.69, 9.17) is 5.11 Å². The summed E-state index contributed by atoms with van der Waals surface area (Å²) in [6, 6.07) is 0. The fourth-order valence-corrected chi connectivity index (χ4v) is 1.20. The minimum Gasteiger partial charge on any atom is -0.481 e. The standard InChI is InChI=1S/C9H18.C5H8O4/c1-3-5-7-9-8-6-4-2;1-9-5(8)3-2-4(6)7/h3H,1,4-9H2,2H3;2-3H2,1H3,(H,6,7). The third-order valence-corrected chi connectivity index (χ3v) is 2.28. The number of carboxylic acids is 1. The largest absolute Gasteiger partial charge is 0.481 e. The van der Waals surface area contributed by atoms with E-state index in [1.54, 1.807) is 0 Å². The molecule has 0 fully saturated rings. The lowest BCUT2D eigenvalue weighted by molar-refractivity contribution is -0.145. The molecule has 0 bridgehead atoms. The quantitative estimate of drug-likeness (QED) is 0.390. The summed E-state index contributed by atoms with van der Waals surface area (Å²) in [5, 5.41) is 8.05. The van der Waals surface area contributed by atoms with Gasteiger partial charge in [0.25, 0.3) is 0 Å². The minimum absolute atomic E-state index is 0.0498. The van der Waals surface area contributed by atoms with Gasteiger partial charge in [0.05, 0.1) is 20.0 Å². The predicted octanol–water partition coefficient (Wildman–Crippen LogP) is 3.56. The molecule has 0 aliphatic rings. The second kappa shape index (κ2) is 15.7. The molecular weight excluding hydrogens is 232 g/mol. The number of esters is 1. The molecule has 18 heavy (non-hydrogen) atoms. The Hall–Kier alpha value is -1.32. The highest BCUT2D eigenvalue weighted by molar-refractivity contribution is 5.76. The number of allylic oxidation sites excluding steroid dienone is 1. The Balaban J connectivity index is 0. The van der Waals surface area contributed by atoms with Crippen LogP contribution in [0.2, 0.25) is 0 Å². The van der Waals surface area contributed by atoms with Crippen LogP contribution in [0.4, 0.5) is 0 Å². The molecule has 106 valence electrons. The van der Waals surface area contributed by atoms with Gasteiger partial charge in [-0.2, -0.15) is 0 Å². The van der Waals surface area contributed by atoms with Crippen LogP contribution in [0, 0.1) is 0 Å². The summed E-state index contributed by atoms with van der Waals surface area (Å²) < 4.78 is 4.20. The van der Waals surface area contributed by atoms with Crippen molar-refractivity contribution in [1.29, 1.82) is 0 Å². The van der Waals surface area contributed by atoms with E-state index in [1.165, 1.54) is 45.6 Å². The van der Waals surface area contributed by atoms with Crippen molar-refractivity contribution in [3.8, 4) is 0 Å². The van der Waals surface area contributed by atoms with Crippen molar-refractivity contribution < 1.29 is 19.4 Å². The number of carbonyl (C=O) groups is 2. The number of carboxylic acid groups (broad SMARTS) is 1. The second-order valence-electron chi connectivity index (χ2n) is 3.96. The summed E-state index contributed by atoms with van der Waals surface area (Å²) in [7, 11) is 1.23. The maximum absolute atomic E-state index is 10.2. The zero-order chi connectivity index (χ0) is 14.2. The van der Waals surface area contributed by atoms with Gasteiger partial charge in [0.15, 0.2) is 0 Å². The molecule has 0 rings (SSSR count). The van der Waals surface area contributed by atoms with E-state index in [1.807, 2.05) is 6.08 Å². The normalized spacial score (nSPS) is 9.00. The van der Waals surface area contributed by atoms with Crippen LogP contribution >= 0.6 is 0 Å². The molecule has 1 N–H and O–H groups in total. The van der Waals surface area contributed by atoms with Gasteiger partial charge >= 0.3 is 11.9 Å². The van der Waals surface area contributed by atoms with Crippen LogP contribution in [-0.2, 0) is 14.3 Å². The summed E-state index contributed by atoms with van der Waals surface area (Å²) in [6.07, 6.45) is 9.87. The predicted molar refractivity (Wildman–Crippen MR) is 72.5 cm³/mol. The van der Waals surface area contributed by atoms with E-state index >= 15 is 0 Å². The zero-order valence-electron chi connectivity index (χ0n) is 11.6. The van der Waals surface area contributed by atoms with Gasteiger partial charge in [0, 0.05) is 0 Å². The van der Waals surface area contributed by atoms with E-state index in [-0.39, 0.29) is 12.8 Å². The monoisotopic (exact) mass is 258 g/mol. The van der Waals surface area contributed by atoms with Gasteiger partial charge in [0.2, 0.25) is 0 Å². The van der Waals surface area contributed by atoms with Crippen LogP contribution in [-0.4, -0.2) is 24.2 Å². The van der Waals surface area contributed by atoms with E-state index in [0.29, 0.717) is 0 Å². The van der Waals surface area contributed by atoms with E-state index in [2.05, 4.69) is 18.2 Å². The Bertz CT molecular complexity index is 224. The molecule has 0 unspecified atom stereocenters. The summed E-state index contributed by atoms with van der Waals surface area (Å²) >= 11 is 0. The molecule has 0 aromatic heterocycles. The van der Waals surface area contributed by atoms with Crippen molar-refractivity contribution in [3.05, 3.63) is 12.7 Å². The summed E-state index contributed by atoms with van der Waals surface area (Å²) in [5.41, 5.74) is 0. The highest BCUT2D eigenvalue weighted by atomic mass is 16.5. The lowest BCUT2D eigenvalue weighted by atomic mass is 10.1. The molecular formula is C14H26O4. The highest BCUT2D eigenvalue weighted by Crippen LogP contribution is 2.04. The van der Waals surface area contributed by atoms with Crippen molar-refractivity contribution in [2.45, 2.75) is 58.3 Å². The summed E-state index contributed by atoms with van der Waals surface area (Å²) in [5.74, 6) is -1.47. The third-order valence-electron chi connectivity index (χ3n) is 2.28. The fourth-order valence-electron chi connectivity index (χ4n) is 1.20. The fraction of sp³-hybridized carbons (Fsp3) is 0.714. The summed E-state index contributed by atoms with van der Waals surface area (Å²) in [6.45, 7) is 5.92. The number of carbonyl (C=O) groups excluding carboxylic acids is 1. The summed E-state index contributed by atoms with van der Waals surface area (Å²) in [4.78, 5) is 20.0. The Labute approximate surface area is 110 Å². The number of ether oxygens (including phenoxy) is 1. The lowest BCUT2D eigenvalue weighted by Crippen LogP contribution is -2.04. The van der Waals surface area contributed by atoms with Crippen molar-refractivity contribution in [3.63, 3.8) is 0 Å². The molecule has 0 spiro atoms. The van der Waals surface area contributed by atoms with Crippen molar-refractivity contribution in [2.75, 3.05) is 7.11 Å². The van der Waals surface area contributed by atoms with E-state index in [0.717, 1.165) is 0 Å². The average Bonchev–Trinajstić information content (AvgIpc) is 2.36. The first kappa shape index (κ1) is 19.0. The van der Waals surface area contributed by atoms with Gasteiger partial charge in [-0.25, -0.2) is 0 Å². The van der Waals surface area contributed by atoms with Crippen molar-refractivity contribution in [2.24, 2.45) is 0 Å². The van der Waals surface area contributed by atoms with E-state index in [9.17, 15) is 9.59 Å². The van der Waals surface area contributed by atoms with Crippen LogP contribution in [0.15, 0.2) is 12.7 Å². The average molecular weight is 258 g/mol. The number of unbranched alkanes of at least 4 members (excludes halogenated alkanes) is 5.